The molecular weight excluding hydrogens is 308 g/mol. The van der Waals surface area contributed by atoms with Crippen LogP contribution in [0.3, 0.4) is 0 Å². The van der Waals surface area contributed by atoms with Crippen LogP contribution >= 0.6 is 27.7 Å². The second kappa shape index (κ2) is 8.94. The van der Waals surface area contributed by atoms with Gasteiger partial charge in [-0.3, -0.25) is 4.98 Å². The van der Waals surface area contributed by atoms with Crippen molar-refractivity contribution < 1.29 is 0 Å². The number of hydrogen-bond acceptors (Lipinski definition) is 3. The minimum atomic E-state index is 0.519. The van der Waals surface area contributed by atoms with Crippen LogP contribution in [0.15, 0.2) is 22.8 Å². The molecule has 0 spiro atoms. The lowest BCUT2D eigenvalue weighted by Gasteiger charge is -2.19. The quantitative estimate of drug-likeness (QED) is 0.782. The summed E-state index contributed by atoms with van der Waals surface area (Å²) in [4.78, 5) is 4.46. The maximum atomic E-state index is 4.46. The highest BCUT2D eigenvalue weighted by molar-refractivity contribution is 9.10. The molecular formula is C14H23BrN2S. The maximum Gasteiger partial charge on any atom is 0.0420 e. The predicted molar refractivity (Wildman–Crippen MR) is 85.3 cm³/mol. The molecule has 0 aliphatic rings. The van der Waals surface area contributed by atoms with E-state index in [1.165, 1.54) is 6.42 Å². The van der Waals surface area contributed by atoms with E-state index in [2.05, 4.69) is 59.1 Å². The van der Waals surface area contributed by atoms with Crippen LogP contribution in [0.2, 0.25) is 0 Å². The van der Waals surface area contributed by atoms with Gasteiger partial charge < -0.3 is 5.32 Å². The molecule has 0 amide bonds. The van der Waals surface area contributed by atoms with E-state index < -0.39 is 0 Å². The second-order valence-electron chi connectivity index (χ2n) is 4.71. The molecule has 0 aliphatic heterocycles. The molecule has 1 heterocycles. The van der Waals surface area contributed by atoms with E-state index in [0.717, 1.165) is 28.9 Å². The molecule has 0 saturated carbocycles. The van der Waals surface area contributed by atoms with Crippen LogP contribution in [0.4, 0.5) is 0 Å². The SMILES string of the molecule is CCCNC(CSC(C)C)Cc1ccc(Br)cn1. The van der Waals surface area contributed by atoms with Gasteiger partial charge in [0.1, 0.15) is 0 Å². The molecule has 0 fully saturated rings. The van der Waals surface area contributed by atoms with Crippen LogP contribution in [0.1, 0.15) is 32.9 Å². The molecule has 0 radical (unpaired) electrons. The van der Waals surface area contributed by atoms with Gasteiger partial charge >= 0.3 is 0 Å². The third kappa shape index (κ3) is 6.76. The zero-order valence-electron chi connectivity index (χ0n) is 11.4. The van der Waals surface area contributed by atoms with Crippen molar-refractivity contribution in [2.75, 3.05) is 12.3 Å². The van der Waals surface area contributed by atoms with Gasteiger partial charge in [-0.1, -0.05) is 20.8 Å². The molecule has 1 atom stereocenters. The zero-order chi connectivity index (χ0) is 13.4. The Hall–Kier alpha value is -0.0600. The van der Waals surface area contributed by atoms with Gasteiger partial charge in [0.05, 0.1) is 0 Å². The van der Waals surface area contributed by atoms with Crippen LogP contribution in [-0.4, -0.2) is 28.6 Å². The van der Waals surface area contributed by atoms with Crippen molar-refractivity contribution in [3.8, 4) is 0 Å². The first-order valence-corrected chi connectivity index (χ1v) is 8.41. The third-order valence-corrected chi connectivity index (χ3v) is 4.29. The highest BCUT2D eigenvalue weighted by Gasteiger charge is 2.10. The largest absolute Gasteiger partial charge is 0.313 e. The van der Waals surface area contributed by atoms with E-state index in [1.807, 2.05) is 18.0 Å². The van der Waals surface area contributed by atoms with Crippen molar-refractivity contribution in [1.29, 1.82) is 0 Å². The average Bonchev–Trinajstić information content (AvgIpc) is 2.35. The minimum Gasteiger partial charge on any atom is -0.313 e. The summed E-state index contributed by atoms with van der Waals surface area (Å²) < 4.78 is 1.04. The van der Waals surface area contributed by atoms with Gasteiger partial charge in [-0.15, -0.1) is 0 Å². The van der Waals surface area contributed by atoms with Crippen LogP contribution in [-0.2, 0) is 6.42 Å². The van der Waals surface area contributed by atoms with E-state index in [9.17, 15) is 0 Å². The van der Waals surface area contributed by atoms with Crippen LogP contribution in [0.25, 0.3) is 0 Å². The number of aromatic nitrogens is 1. The summed E-state index contributed by atoms with van der Waals surface area (Å²) in [6, 6.07) is 4.69. The van der Waals surface area contributed by atoms with E-state index in [4.69, 9.17) is 0 Å². The lowest BCUT2D eigenvalue weighted by molar-refractivity contribution is 0.545. The van der Waals surface area contributed by atoms with Crippen molar-refractivity contribution in [3.05, 3.63) is 28.5 Å². The first-order chi connectivity index (χ1) is 8.61. The fourth-order valence-corrected chi connectivity index (χ4v) is 2.71. The number of thioether (sulfide) groups is 1. The lowest BCUT2D eigenvalue weighted by atomic mass is 10.1. The number of nitrogens with one attached hydrogen (secondary N) is 1. The first kappa shape index (κ1) is 16.0. The van der Waals surface area contributed by atoms with Gasteiger partial charge in [-0.05, 0) is 46.3 Å². The number of pyridine rings is 1. The molecule has 0 aromatic carbocycles. The maximum absolute atomic E-state index is 4.46. The third-order valence-electron chi connectivity index (χ3n) is 2.56. The molecule has 0 bridgehead atoms. The van der Waals surface area contributed by atoms with E-state index in [1.54, 1.807) is 0 Å². The zero-order valence-corrected chi connectivity index (χ0v) is 13.9. The molecule has 1 aromatic heterocycles. The Balaban J connectivity index is 2.50. The van der Waals surface area contributed by atoms with Gasteiger partial charge in [-0.25, -0.2) is 0 Å². The molecule has 0 aliphatic carbocycles. The van der Waals surface area contributed by atoms with Crippen LogP contribution in [0, 0.1) is 0 Å². The normalized spacial score (nSPS) is 12.9. The molecule has 1 aromatic rings. The Bertz CT molecular complexity index is 327. The highest BCUT2D eigenvalue weighted by atomic mass is 79.9. The van der Waals surface area contributed by atoms with Crippen molar-refractivity contribution in [1.82, 2.24) is 10.3 Å². The molecule has 2 nitrogen and oxygen atoms in total. The summed E-state index contributed by atoms with van der Waals surface area (Å²) in [5, 5.41) is 4.30. The van der Waals surface area contributed by atoms with Crippen LogP contribution < -0.4 is 5.32 Å². The van der Waals surface area contributed by atoms with E-state index >= 15 is 0 Å². The summed E-state index contributed by atoms with van der Waals surface area (Å²) in [6.07, 6.45) is 4.06. The van der Waals surface area contributed by atoms with Gasteiger partial charge in [0.15, 0.2) is 0 Å². The van der Waals surface area contributed by atoms with Gasteiger partial charge in [0, 0.05) is 34.6 Å². The summed E-state index contributed by atoms with van der Waals surface area (Å²) >= 11 is 5.43. The lowest BCUT2D eigenvalue weighted by Crippen LogP contribution is -2.34. The topological polar surface area (TPSA) is 24.9 Å². The molecule has 0 saturated heterocycles. The summed E-state index contributed by atoms with van der Waals surface area (Å²) in [6.45, 7) is 7.79. The van der Waals surface area contributed by atoms with E-state index in [0.29, 0.717) is 11.3 Å². The Morgan fingerprint density at radius 1 is 1.39 bits per heavy atom. The Kier molecular flexibility index (Phi) is 7.95. The molecule has 102 valence electrons. The number of hydrogen-bond donors (Lipinski definition) is 1. The van der Waals surface area contributed by atoms with Gasteiger partial charge in [0.25, 0.3) is 0 Å². The number of halogens is 1. The summed E-state index contributed by atoms with van der Waals surface area (Å²) in [7, 11) is 0. The fourth-order valence-electron chi connectivity index (χ4n) is 1.63. The number of nitrogens with zero attached hydrogens (tertiary/aromatic N) is 1. The molecule has 18 heavy (non-hydrogen) atoms. The van der Waals surface area contributed by atoms with Crippen molar-refractivity contribution in [2.24, 2.45) is 0 Å². The molecule has 1 N–H and O–H groups in total. The average molecular weight is 331 g/mol. The first-order valence-electron chi connectivity index (χ1n) is 6.57. The van der Waals surface area contributed by atoms with Crippen molar-refractivity contribution in [2.45, 2.75) is 44.9 Å². The molecule has 4 heteroatoms. The van der Waals surface area contributed by atoms with E-state index in [-0.39, 0.29) is 0 Å². The van der Waals surface area contributed by atoms with Crippen molar-refractivity contribution in [3.63, 3.8) is 0 Å². The van der Waals surface area contributed by atoms with Gasteiger partial charge in [0.2, 0.25) is 0 Å². The highest BCUT2D eigenvalue weighted by Crippen LogP contribution is 2.14. The minimum absolute atomic E-state index is 0.519. The van der Waals surface area contributed by atoms with Crippen molar-refractivity contribution >= 4 is 27.7 Å². The van der Waals surface area contributed by atoms with Crippen LogP contribution in [0.5, 0.6) is 0 Å². The number of rotatable bonds is 8. The molecule has 1 rings (SSSR count). The Morgan fingerprint density at radius 2 is 2.17 bits per heavy atom. The Morgan fingerprint density at radius 3 is 2.72 bits per heavy atom. The standard InChI is InChI=1S/C14H23BrN2S/c1-4-7-16-14(10-18-11(2)3)8-13-6-5-12(15)9-17-13/h5-6,9,11,14,16H,4,7-8,10H2,1-3H3. The van der Waals surface area contributed by atoms with Gasteiger partial charge in [-0.2, -0.15) is 11.8 Å². The smallest absolute Gasteiger partial charge is 0.0420 e. The predicted octanol–water partition coefficient (Wildman–Crippen LogP) is 3.90. The fraction of sp³-hybridized carbons (Fsp3) is 0.643. The summed E-state index contributed by atoms with van der Waals surface area (Å²) in [5.74, 6) is 1.15. The Labute approximate surface area is 123 Å². The monoisotopic (exact) mass is 330 g/mol. The molecule has 1 unspecified atom stereocenters. The summed E-state index contributed by atoms with van der Waals surface area (Å²) in [5.41, 5.74) is 1.16. The second-order valence-corrected chi connectivity index (χ2v) is 7.23.